The number of aliphatic hydroxyl groups excluding tert-OH is 1. The summed E-state index contributed by atoms with van der Waals surface area (Å²) in [7, 11) is 0. The number of benzene rings is 1. The standard InChI is InChI=1S/C18H17ClN3O2.C5H8O2.Ir/c1-18(2)10-14(22(23)24)11-21-17(18)13-3-4-15(16(19)9-13)12-5-7-20-8-6-12;1-4(6)3-5(2)7;/h4-9,14H,10-11H2,1-2H3;3,6H,1-2H3;/q-1;;/p+1/b;4-3-;. The van der Waals surface area contributed by atoms with Crippen molar-refractivity contribution >= 4 is 23.1 Å². The molecular formula is C23H26ClIrN3O4. The molecule has 1 aromatic carbocycles. The van der Waals surface area contributed by atoms with Crippen molar-refractivity contribution in [3.8, 4) is 11.1 Å². The molecule has 0 saturated heterocycles. The topological polar surface area (TPSA) is 110 Å². The Hall–Kier alpha value is -2.41. The molecule has 0 spiro atoms. The first-order chi connectivity index (χ1) is 14.5. The summed E-state index contributed by atoms with van der Waals surface area (Å²) in [5, 5.41) is 20.0. The number of aliphatic imine (C=N–C) groups is 1. The van der Waals surface area contributed by atoms with Crippen LogP contribution in [0, 0.1) is 21.6 Å². The predicted octanol–water partition coefficient (Wildman–Crippen LogP) is 5.08. The molecule has 1 aromatic heterocycles. The van der Waals surface area contributed by atoms with Crippen molar-refractivity contribution in [2.24, 2.45) is 10.4 Å². The maximum absolute atomic E-state index is 11.0. The number of halogens is 1. The summed E-state index contributed by atoms with van der Waals surface area (Å²) in [5.74, 6) is 0.250. The van der Waals surface area contributed by atoms with Gasteiger partial charge in [-0.25, -0.2) is 0 Å². The van der Waals surface area contributed by atoms with E-state index in [2.05, 4.69) is 16.0 Å². The molecule has 1 aliphatic rings. The van der Waals surface area contributed by atoms with E-state index in [9.17, 15) is 10.1 Å². The Morgan fingerprint density at radius 2 is 2.00 bits per heavy atom. The number of nitrogens with zero attached hydrogens (tertiary/aromatic N) is 3. The maximum atomic E-state index is 11.0. The van der Waals surface area contributed by atoms with Crippen LogP contribution >= 0.6 is 11.6 Å². The monoisotopic (exact) mass is 636 g/mol. The minimum absolute atomic E-state index is 0. The molecule has 2 heterocycles. The van der Waals surface area contributed by atoms with Crippen LogP contribution in [0.5, 0.6) is 0 Å². The van der Waals surface area contributed by atoms with E-state index in [-0.39, 0.29) is 43.1 Å². The Morgan fingerprint density at radius 1 is 1.38 bits per heavy atom. The molecule has 0 amide bonds. The first-order valence-corrected chi connectivity index (χ1v) is 10.1. The first kappa shape index (κ1) is 27.6. The largest absolute Gasteiger partial charge is 0.512 e. The number of nitro groups is 1. The van der Waals surface area contributed by atoms with E-state index in [0.717, 1.165) is 22.4 Å². The molecule has 7 nitrogen and oxygen atoms in total. The Bertz CT molecular complexity index is 1020. The van der Waals surface area contributed by atoms with Crippen LogP contribution in [0.15, 0.2) is 53.5 Å². The summed E-state index contributed by atoms with van der Waals surface area (Å²) in [6.45, 7) is 7.14. The van der Waals surface area contributed by atoms with Gasteiger partial charge in [-0.1, -0.05) is 25.0 Å². The van der Waals surface area contributed by atoms with Gasteiger partial charge in [0, 0.05) is 43.8 Å². The molecule has 1 radical (unpaired) electrons. The smallest absolute Gasteiger partial charge is 0.316 e. The fraction of sp³-hybridized carbons (Fsp3) is 0.348. The van der Waals surface area contributed by atoms with Crippen LogP contribution in [0.1, 0.15) is 39.7 Å². The molecule has 1 atom stereocenters. The van der Waals surface area contributed by atoms with E-state index < -0.39 is 11.5 Å². The third-order valence-corrected chi connectivity index (χ3v) is 5.02. The van der Waals surface area contributed by atoms with E-state index in [0.29, 0.717) is 11.4 Å². The van der Waals surface area contributed by atoms with E-state index >= 15 is 0 Å². The molecule has 0 saturated carbocycles. The zero-order chi connectivity index (χ0) is 23.2. The Balaban J connectivity index is 0.000000558. The summed E-state index contributed by atoms with van der Waals surface area (Å²) in [6, 6.07) is 10.1. The molecule has 1 aliphatic heterocycles. The van der Waals surface area contributed by atoms with E-state index in [1.54, 1.807) is 12.4 Å². The van der Waals surface area contributed by atoms with Gasteiger partial charge in [0.15, 0.2) is 0 Å². The van der Waals surface area contributed by atoms with Crippen molar-refractivity contribution < 1.29 is 34.9 Å². The maximum Gasteiger partial charge on any atom is 0.316 e. The average Bonchev–Trinajstić information content (AvgIpc) is 2.67. The molecule has 1 unspecified atom stereocenters. The van der Waals surface area contributed by atoms with E-state index in [1.165, 1.54) is 19.9 Å². The fourth-order valence-electron chi connectivity index (χ4n) is 3.41. The van der Waals surface area contributed by atoms with Gasteiger partial charge in [-0.2, -0.15) is 0 Å². The van der Waals surface area contributed by atoms with E-state index in [4.69, 9.17) is 21.5 Å². The first-order valence-electron chi connectivity index (χ1n) is 9.71. The normalized spacial score (nSPS) is 17.2. The Morgan fingerprint density at radius 3 is 2.44 bits per heavy atom. The van der Waals surface area contributed by atoms with Gasteiger partial charge in [-0.05, 0) is 35.2 Å². The van der Waals surface area contributed by atoms with Gasteiger partial charge >= 0.3 is 5.78 Å². The molecule has 9 heteroatoms. The average molecular weight is 636 g/mol. The molecule has 2 aromatic rings. The zero-order valence-corrected chi connectivity index (χ0v) is 21.4. The number of hydrogen-bond donors (Lipinski definition) is 1. The number of aromatic nitrogens is 1. The van der Waals surface area contributed by atoms with Gasteiger partial charge in [0.2, 0.25) is 6.04 Å². The van der Waals surface area contributed by atoms with Crippen molar-refractivity contribution in [2.75, 3.05) is 6.54 Å². The minimum Gasteiger partial charge on any atom is -0.512 e. The molecule has 2 N–H and O–H groups in total. The number of pyridine rings is 1. The Labute approximate surface area is 206 Å². The molecule has 173 valence electrons. The molecule has 32 heavy (non-hydrogen) atoms. The predicted molar refractivity (Wildman–Crippen MR) is 123 cm³/mol. The number of hydrogen-bond acceptors (Lipinski definition) is 5. The van der Waals surface area contributed by atoms with Crippen LogP contribution in [-0.2, 0) is 20.1 Å². The number of aliphatic hydroxyl groups is 1. The molecule has 0 fully saturated rings. The summed E-state index contributed by atoms with van der Waals surface area (Å²) in [6.07, 6.45) is 5.16. The SMILES string of the molecule is CC(=[OH+])/C=C(/C)O.CC1(C)CC([N+](=O)[O-])CN=C1c1[c-]cc(-c2ccncc2)c(Cl)c1.[Ir]. The van der Waals surface area contributed by atoms with Crippen LogP contribution in [0.4, 0.5) is 0 Å². The molecule has 0 bridgehead atoms. The van der Waals surface area contributed by atoms with Gasteiger partial charge in [-0.3, -0.25) is 19.9 Å². The van der Waals surface area contributed by atoms with Gasteiger partial charge in [0.1, 0.15) is 0 Å². The third-order valence-electron chi connectivity index (χ3n) is 4.71. The van der Waals surface area contributed by atoms with Gasteiger partial charge < -0.3 is 10.1 Å². The fourth-order valence-corrected chi connectivity index (χ4v) is 3.68. The van der Waals surface area contributed by atoms with Gasteiger partial charge in [0.25, 0.3) is 0 Å². The number of rotatable bonds is 4. The molecule has 0 aliphatic carbocycles. The second-order valence-corrected chi connectivity index (χ2v) is 8.39. The second kappa shape index (κ2) is 12.0. The van der Waals surface area contributed by atoms with Crippen molar-refractivity contribution in [1.29, 1.82) is 0 Å². The Kier molecular flexibility index (Phi) is 10.4. The summed E-state index contributed by atoms with van der Waals surface area (Å²) in [4.78, 5) is 27.7. The van der Waals surface area contributed by atoms with Crippen LogP contribution in [0.3, 0.4) is 0 Å². The quantitative estimate of drug-likeness (QED) is 0.126. The van der Waals surface area contributed by atoms with E-state index in [1.807, 2.05) is 38.1 Å². The minimum atomic E-state index is -0.629. The zero-order valence-electron chi connectivity index (χ0n) is 18.3. The van der Waals surface area contributed by atoms with Gasteiger partial charge in [-0.15, -0.1) is 35.4 Å². The van der Waals surface area contributed by atoms with Gasteiger partial charge in [0.05, 0.1) is 25.3 Å². The van der Waals surface area contributed by atoms with Crippen molar-refractivity contribution in [1.82, 2.24) is 4.98 Å². The van der Waals surface area contributed by atoms with Crippen LogP contribution in [-0.4, -0.2) is 43.9 Å². The number of ketones is 1. The van der Waals surface area contributed by atoms with Crippen LogP contribution < -0.4 is 0 Å². The van der Waals surface area contributed by atoms with Crippen molar-refractivity contribution in [2.45, 2.75) is 40.2 Å². The number of allylic oxidation sites excluding steroid dienone is 2. The summed E-state index contributed by atoms with van der Waals surface area (Å²) in [5.41, 5.74) is 3.07. The molecule has 3 rings (SSSR count). The second-order valence-electron chi connectivity index (χ2n) is 7.99. The van der Waals surface area contributed by atoms with Crippen molar-refractivity contribution in [3.05, 3.63) is 75.3 Å². The summed E-state index contributed by atoms with van der Waals surface area (Å²) < 4.78 is 0. The van der Waals surface area contributed by atoms with Crippen molar-refractivity contribution in [3.63, 3.8) is 0 Å². The molecular weight excluding hydrogens is 610 g/mol. The summed E-state index contributed by atoms with van der Waals surface area (Å²) >= 11 is 6.45. The third kappa shape index (κ3) is 7.62. The number of carbonyl (C=O) groups excluding carboxylic acids is 1. The van der Waals surface area contributed by atoms with Crippen LogP contribution in [0.25, 0.3) is 11.1 Å². The van der Waals surface area contributed by atoms with Crippen LogP contribution in [0.2, 0.25) is 5.02 Å².